The number of hydrogen-bond acceptors (Lipinski definition) is 18. The van der Waals surface area contributed by atoms with Crippen molar-refractivity contribution < 1.29 is 89.4 Å². The van der Waals surface area contributed by atoms with Gasteiger partial charge in [0.15, 0.2) is 18.9 Å². The fraction of sp³-hybridized carbons (Fsp3) is 0.756. The molecule has 0 saturated carbocycles. The first-order valence-corrected chi connectivity index (χ1v) is 37.6. The molecule has 558 valence electrons. The monoisotopic (exact) mass is 1370 g/mol. The lowest BCUT2D eigenvalue weighted by Gasteiger charge is -2.48. The summed E-state index contributed by atoms with van der Waals surface area (Å²) in [6, 6.07) is -1.02. The van der Waals surface area contributed by atoms with Crippen LogP contribution in [-0.4, -0.2) is 193 Å². The summed E-state index contributed by atoms with van der Waals surface area (Å²) in [5.74, 6) is -0.320. The van der Waals surface area contributed by atoms with E-state index in [1.54, 1.807) is 6.08 Å². The molecule has 3 aliphatic rings. The molecule has 0 aromatic heterocycles. The van der Waals surface area contributed by atoms with Crippen LogP contribution < -0.4 is 5.32 Å². The number of allylic oxidation sites excluding steroid dienone is 17. The molecule has 3 rings (SSSR count). The number of aliphatic hydroxyl groups excluding tert-OH is 11. The minimum absolute atomic E-state index is 0.188. The SMILES string of the molecule is CC/C=C\C/C=C\C/C=C\C/C=C\C/C=C\C/C=C\C/C=C\CCCCCC(=O)NC(COC1OC(CO)C(OC2OC(CO)C(OC3OC(CO)C(O)C(O)C3O)C(O)C2O)C(O)C1O)C(O)/C=C/CC/C=C/CCCCCCCCCCCCCCCCCCCCCCC. The van der Waals surface area contributed by atoms with Crippen LogP contribution in [0.4, 0.5) is 0 Å². The maximum absolute atomic E-state index is 13.4. The highest BCUT2D eigenvalue weighted by atomic mass is 16.8. The van der Waals surface area contributed by atoms with Gasteiger partial charge in [-0.2, -0.15) is 0 Å². The number of carbonyl (C=O) groups excluding carboxylic acids is 1. The molecule has 17 unspecified atom stereocenters. The van der Waals surface area contributed by atoms with E-state index >= 15 is 0 Å². The van der Waals surface area contributed by atoms with Gasteiger partial charge in [-0.15, -0.1) is 0 Å². The van der Waals surface area contributed by atoms with Gasteiger partial charge in [0.2, 0.25) is 5.91 Å². The Morgan fingerprint density at radius 2 is 0.722 bits per heavy atom. The quantitative estimate of drug-likeness (QED) is 0.0199. The number of carbonyl (C=O) groups is 1. The second kappa shape index (κ2) is 58.0. The highest BCUT2D eigenvalue weighted by Gasteiger charge is 2.53. The van der Waals surface area contributed by atoms with Crippen LogP contribution in [-0.2, 0) is 33.2 Å². The van der Waals surface area contributed by atoms with Crippen molar-refractivity contribution in [1.29, 1.82) is 0 Å². The van der Waals surface area contributed by atoms with Crippen LogP contribution in [0.1, 0.15) is 245 Å². The number of unbranched alkanes of at least 4 members (excludes halogenated alkanes) is 25. The Labute approximate surface area is 583 Å². The maximum atomic E-state index is 13.4. The average Bonchev–Trinajstić information content (AvgIpc) is 0.797. The molecule has 0 bridgehead atoms. The molecule has 0 aromatic carbocycles. The fourth-order valence-corrected chi connectivity index (χ4v) is 12.0. The Balaban J connectivity index is 1.44. The van der Waals surface area contributed by atoms with Gasteiger partial charge < -0.3 is 89.9 Å². The van der Waals surface area contributed by atoms with Crippen molar-refractivity contribution in [1.82, 2.24) is 5.32 Å². The summed E-state index contributed by atoms with van der Waals surface area (Å²) in [6.07, 6.45) is 52.1. The molecular weight excluding hydrogens is 1240 g/mol. The Morgan fingerprint density at radius 3 is 1.15 bits per heavy atom. The van der Waals surface area contributed by atoms with E-state index in [4.69, 9.17) is 28.4 Å². The van der Waals surface area contributed by atoms with E-state index in [0.29, 0.717) is 12.8 Å². The number of hydrogen-bond donors (Lipinski definition) is 12. The highest BCUT2D eigenvalue weighted by Crippen LogP contribution is 2.33. The zero-order chi connectivity index (χ0) is 70.4. The van der Waals surface area contributed by atoms with Crippen molar-refractivity contribution in [3.63, 3.8) is 0 Å². The molecule has 19 heteroatoms. The van der Waals surface area contributed by atoms with Gasteiger partial charge in [0, 0.05) is 6.42 Å². The van der Waals surface area contributed by atoms with Crippen LogP contribution in [0.2, 0.25) is 0 Å². The Hall–Kier alpha value is -3.55. The molecule has 3 saturated heterocycles. The Bertz CT molecular complexity index is 2180. The first-order valence-electron chi connectivity index (χ1n) is 37.6. The summed E-state index contributed by atoms with van der Waals surface area (Å²) in [5, 5.41) is 121. The lowest BCUT2D eigenvalue weighted by molar-refractivity contribution is -0.379. The summed E-state index contributed by atoms with van der Waals surface area (Å²) >= 11 is 0. The van der Waals surface area contributed by atoms with Crippen LogP contribution in [0, 0.1) is 0 Å². The van der Waals surface area contributed by atoms with Crippen molar-refractivity contribution in [3.05, 3.63) is 109 Å². The highest BCUT2D eigenvalue weighted by molar-refractivity contribution is 5.76. The average molecular weight is 1370 g/mol. The van der Waals surface area contributed by atoms with Gasteiger partial charge in [0.05, 0.1) is 38.6 Å². The predicted molar refractivity (Wildman–Crippen MR) is 383 cm³/mol. The zero-order valence-corrected chi connectivity index (χ0v) is 59.3. The van der Waals surface area contributed by atoms with Gasteiger partial charge in [-0.25, -0.2) is 0 Å². The van der Waals surface area contributed by atoms with Gasteiger partial charge in [-0.05, 0) is 89.9 Å². The van der Waals surface area contributed by atoms with Gasteiger partial charge in [0.1, 0.15) is 73.2 Å². The standard InChI is InChI=1S/C78H133NO18/c1-3-5-7-9-11-13-15-17-19-21-23-25-27-29-30-32-33-35-37-39-41-43-45-47-49-51-53-55-62(83)61(79-66(84)56-54-52-50-48-46-44-42-40-38-36-34-31-28-26-24-22-20-18-16-14-12-10-8-6-4-2)60-92-76-72(90)69(87)74(64(58-81)94-76)97-78-73(91)70(88)75(65(59-82)95-78)96-77-71(89)68(86)67(85)63(57-80)93-77/h6,8,12,14,18,20,24,26,31,34,38,40,44-47,53,55,61-65,67-78,80-83,85-91H,3-5,7,9-11,13,15-17,19,21-23,25,27-30,32-33,35-37,39,41-43,48-52,54,56-60H2,1-2H3,(H,79,84)/b8-6-,14-12-,20-18-,26-24-,34-31-,40-38-,46-44-,47-45+,55-53+. The van der Waals surface area contributed by atoms with E-state index < -0.39 is 124 Å². The van der Waals surface area contributed by atoms with Crippen molar-refractivity contribution >= 4 is 5.91 Å². The number of amides is 1. The molecule has 3 fully saturated rings. The van der Waals surface area contributed by atoms with Gasteiger partial charge in [-0.3, -0.25) is 4.79 Å². The molecule has 1 amide bonds. The number of rotatable bonds is 57. The van der Waals surface area contributed by atoms with Crippen molar-refractivity contribution in [2.24, 2.45) is 0 Å². The first-order chi connectivity index (χ1) is 47.3. The van der Waals surface area contributed by atoms with Crippen LogP contribution in [0.25, 0.3) is 0 Å². The number of aliphatic hydroxyl groups is 11. The minimum atomic E-state index is -1.99. The van der Waals surface area contributed by atoms with E-state index in [0.717, 1.165) is 83.5 Å². The number of ether oxygens (including phenoxy) is 6. The summed E-state index contributed by atoms with van der Waals surface area (Å²) in [6.45, 7) is 1.58. The first kappa shape index (κ1) is 87.7. The molecule has 12 N–H and O–H groups in total. The van der Waals surface area contributed by atoms with Crippen LogP contribution in [0.3, 0.4) is 0 Å². The van der Waals surface area contributed by atoms with Crippen molar-refractivity contribution in [2.45, 2.75) is 349 Å². The summed E-state index contributed by atoms with van der Waals surface area (Å²) < 4.78 is 34.4. The van der Waals surface area contributed by atoms with Crippen LogP contribution in [0.15, 0.2) is 109 Å². The summed E-state index contributed by atoms with van der Waals surface area (Å²) in [4.78, 5) is 13.4. The second-order valence-electron chi connectivity index (χ2n) is 26.4. The molecule has 0 radical (unpaired) electrons. The van der Waals surface area contributed by atoms with E-state index in [9.17, 15) is 61.0 Å². The lowest BCUT2D eigenvalue weighted by atomic mass is 9.96. The van der Waals surface area contributed by atoms with Gasteiger partial charge >= 0.3 is 0 Å². The van der Waals surface area contributed by atoms with Crippen molar-refractivity contribution in [2.75, 3.05) is 26.4 Å². The minimum Gasteiger partial charge on any atom is -0.394 e. The molecule has 97 heavy (non-hydrogen) atoms. The van der Waals surface area contributed by atoms with E-state index in [-0.39, 0.29) is 18.9 Å². The molecule has 17 atom stereocenters. The molecule has 0 aromatic rings. The van der Waals surface area contributed by atoms with E-state index in [1.807, 2.05) is 6.08 Å². The molecular formula is C78H133NO18. The second-order valence-corrected chi connectivity index (χ2v) is 26.4. The molecule has 19 nitrogen and oxygen atoms in total. The fourth-order valence-electron chi connectivity index (χ4n) is 12.0. The Kier molecular flexibility index (Phi) is 52.4. The van der Waals surface area contributed by atoms with Gasteiger partial charge in [0.25, 0.3) is 0 Å². The van der Waals surface area contributed by atoms with E-state index in [1.165, 1.54) is 128 Å². The normalized spacial score (nSPS) is 27.5. The van der Waals surface area contributed by atoms with Gasteiger partial charge in [-0.1, -0.05) is 258 Å². The molecule has 0 aliphatic carbocycles. The topological polar surface area (TPSA) is 307 Å². The smallest absolute Gasteiger partial charge is 0.220 e. The lowest BCUT2D eigenvalue weighted by Crippen LogP contribution is -2.66. The zero-order valence-electron chi connectivity index (χ0n) is 59.3. The van der Waals surface area contributed by atoms with Crippen LogP contribution in [0.5, 0.6) is 0 Å². The Morgan fingerprint density at radius 1 is 0.381 bits per heavy atom. The summed E-state index contributed by atoms with van der Waals surface area (Å²) in [7, 11) is 0. The third kappa shape index (κ3) is 38.9. The predicted octanol–water partition coefficient (Wildman–Crippen LogP) is 11.4. The van der Waals surface area contributed by atoms with E-state index in [2.05, 4.69) is 116 Å². The number of nitrogens with one attached hydrogen (secondary N) is 1. The third-order valence-corrected chi connectivity index (χ3v) is 18.1. The third-order valence-electron chi connectivity index (χ3n) is 18.1. The molecule has 3 aliphatic heterocycles. The van der Waals surface area contributed by atoms with Crippen LogP contribution >= 0.6 is 0 Å². The van der Waals surface area contributed by atoms with Crippen molar-refractivity contribution in [3.8, 4) is 0 Å². The maximum Gasteiger partial charge on any atom is 0.220 e. The largest absolute Gasteiger partial charge is 0.394 e. The molecule has 3 heterocycles. The summed E-state index contributed by atoms with van der Waals surface area (Å²) in [5.41, 5.74) is 0. The molecule has 0 spiro atoms.